The fourth-order valence-corrected chi connectivity index (χ4v) is 2.96. The zero-order valence-electron chi connectivity index (χ0n) is 10.0. The van der Waals surface area contributed by atoms with Crippen molar-refractivity contribution in [2.45, 2.75) is 12.3 Å². The number of aromatic nitrogens is 1. The maximum Gasteiger partial charge on any atom is 0.343 e. The Bertz CT molecular complexity index is 658. The molecule has 0 saturated heterocycles. The third kappa shape index (κ3) is 3.20. The maximum atomic E-state index is 11.4. The number of carboxylic acid groups (broad SMARTS) is 1. The van der Waals surface area contributed by atoms with Crippen LogP contribution in [0.1, 0.15) is 16.5 Å². The summed E-state index contributed by atoms with van der Waals surface area (Å²) in [5.41, 5.74) is 0.817. The van der Waals surface area contributed by atoms with Crippen LogP contribution >= 0.6 is 27.3 Å². The third-order valence-corrected chi connectivity index (χ3v) is 4.51. The molecule has 6 nitrogen and oxygen atoms in total. The number of carbonyl (C=O) groups is 1. The van der Waals surface area contributed by atoms with Gasteiger partial charge in [0, 0.05) is 4.47 Å². The van der Waals surface area contributed by atoms with E-state index in [1.54, 1.807) is 0 Å². The van der Waals surface area contributed by atoms with Crippen molar-refractivity contribution in [2.75, 3.05) is 0 Å². The lowest BCUT2D eigenvalue weighted by atomic mass is 10.0. The second-order valence-corrected chi connectivity index (χ2v) is 5.88. The van der Waals surface area contributed by atoms with E-state index >= 15 is 0 Å². The number of rotatable bonds is 5. The Kier molecular flexibility index (Phi) is 4.46. The summed E-state index contributed by atoms with van der Waals surface area (Å²) < 4.78 is 0.803. The number of carboxylic acids is 1. The van der Waals surface area contributed by atoms with Gasteiger partial charge in [0.25, 0.3) is 0 Å². The van der Waals surface area contributed by atoms with E-state index in [1.165, 1.54) is 0 Å². The van der Waals surface area contributed by atoms with Crippen molar-refractivity contribution >= 4 is 38.2 Å². The lowest BCUT2D eigenvalue weighted by Crippen LogP contribution is -2.14. The van der Waals surface area contributed by atoms with Crippen LogP contribution in [0.5, 0.6) is 0 Å². The quantitative estimate of drug-likeness (QED) is 0.655. The summed E-state index contributed by atoms with van der Waals surface area (Å²) in [5, 5.41) is 20.0. The molecule has 0 aliphatic rings. The Morgan fingerprint density at radius 1 is 1.50 bits per heavy atom. The lowest BCUT2D eigenvalue weighted by molar-refractivity contribution is -0.380. The molecule has 0 saturated carbocycles. The predicted octanol–water partition coefficient (Wildman–Crippen LogP) is 3.22. The van der Waals surface area contributed by atoms with E-state index in [-0.39, 0.29) is 16.4 Å². The molecule has 104 valence electrons. The molecule has 0 bridgehead atoms. The van der Waals surface area contributed by atoms with Crippen LogP contribution in [0, 0.1) is 10.1 Å². The molecule has 1 unspecified atom stereocenters. The van der Waals surface area contributed by atoms with Gasteiger partial charge in [0.05, 0.1) is 4.92 Å². The molecule has 0 fully saturated rings. The number of aliphatic carboxylic acids is 1. The van der Waals surface area contributed by atoms with Crippen LogP contribution in [0.25, 0.3) is 0 Å². The molecule has 0 aliphatic carbocycles. The molecule has 1 aromatic heterocycles. The Hall–Kier alpha value is -1.80. The first kappa shape index (κ1) is 14.6. The molecule has 1 N–H and O–H groups in total. The molecule has 0 aliphatic heterocycles. The molecule has 1 atom stereocenters. The standard InChI is InChI=1S/C12H9BrN2O4S/c13-9-4-2-1-3-7(9)5-8(12(16)17)11-14-6-10(20-11)15(18)19/h1-4,6,8H,5H2,(H,16,17). The monoisotopic (exact) mass is 356 g/mol. The van der Waals surface area contributed by atoms with E-state index in [9.17, 15) is 20.0 Å². The van der Waals surface area contributed by atoms with Crippen LogP contribution in [0.2, 0.25) is 0 Å². The van der Waals surface area contributed by atoms with E-state index in [0.717, 1.165) is 27.6 Å². The Morgan fingerprint density at radius 2 is 2.20 bits per heavy atom. The molecule has 8 heteroatoms. The van der Waals surface area contributed by atoms with Crippen molar-refractivity contribution in [3.8, 4) is 0 Å². The summed E-state index contributed by atoms with van der Waals surface area (Å²) in [6.07, 6.45) is 1.32. The van der Waals surface area contributed by atoms with Crippen LogP contribution < -0.4 is 0 Å². The highest BCUT2D eigenvalue weighted by atomic mass is 79.9. The van der Waals surface area contributed by atoms with Crippen LogP contribution in [0.4, 0.5) is 5.00 Å². The van der Waals surface area contributed by atoms with Gasteiger partial charge in [-0.15, -0.1) is 0 Å². The smallest absolute Gasteiger partial charge is 0.343 e. The van der Waals surface area contributed by atoms with Gasteiger partial charge in [0.15, 0.2) is 0 Å². The first-order valence-electron chi connectivity index (χ1n) is 5.55. The molecule has 2 rings (SSSR count). The number of nitro groups is 1. The van der Waals surface area contributed by atoms with Gasteiger partial charge in [-0.25, -0.2) is 4.98 Å². The summed E-state index contributed by atoms with van der Waals surface area (Å²) >= 11 is 4.15. The molecule has 1 heterocycles. The van der Waals surface area contributed by atoms with Gasteiger partial charge in [0.2, 0.25) is 0 Å². The van der Waals surface area contributed by atoms with Crippen molar-refractivity contribution in [3.05, 3.63) is 55.6 Å². The molecule has 0 radical (unpaired) electrons. The first-order valence-corrected chi connectivity index (χ1v) is 7.16. The molecule has 2 aromatic rings. The van der Waals surface area contributed by atoms with Gasteiger partial charge in [-0.2, -0.15) is 0 Å². The van der Waals surface area contributed by atoms with Gasteiger partial charge < -0.3 is 5.11 Å². The molecule has 20 heavy (non-hydrogen) atoms. The van der Waals surface area contributed by atoms with Crippen molar-refractivity contribution in [3.63, 3.8) is 0 Å². The third-order valence-electron chi connectivity index (χ3n) is 2.67. The average Bonchev–Trinajstić information content (AvgIpc) is 2.87. The Balaban J connectivity index is 2.30. The van der Waals surface area contributed by atoms with E-state index < -0.39 is 16.8 Å². The van der Waals surface area contributed by atoms with Gasteiger partial charge in [0.1, 0.15) is 17.1 Å². The van der Waals surface area contributed by atoms with E-state index in [1.807, 2.05) is 24.3 Å². The zero-order valence-corrected chi connectivity index (χ0v) is 12.4. The van der Waals surface area contributed by atoms with E-state index in [2.05, 4.69) is 20.9 Å². The summed E-state index contributed by atoms with van der Waals surface area (Å²) in [6.45, 7) is 0. The fourth-order valence-electron chi connectivity index (χ4n) is 1.69. The number of thiazole rings is 1. The molecule has 0 spiro atoms. The molecule has 1 aromatic carbocycles. The van der Waals surface area contributed by atoms with Crippen LogP contribution in [0.3, 0.4) is 0 Å². The fraction of sp³-hybridized carbons (Fsp3) is 0.167. The van der Waals surface area contributed by atoms with Crippen molar-refractivity contribution < 1.29 is 14.8 Å². The SMILES string of the molecule is O=C(O)C(Cc1ccccc1Br)c1ncc([N+](=O)[O-])s1. The van der Waals surface area contributed by atoms with E-state index in [0.29, 0.717) is 0 Å². The minimum atomic E-state index is -1.05. The van der Waals surface area contributed by atoms with Crippen LogP contribution in [-0.2, 0) is 11.2 Å². The van der Waals surface area contributed by atoms with Crippen LogP contribution in [0.15, 0.2) is 34.9 Å². The summed E-state index contributed by atoms with van der Waals surface area (Å²) in [4.78, 5) is 25.3. The number of halogens is 1. The highest BCUT2D eigenvalue weighted by molar-refractivity contribution is 9.10. The highest BCUT2D eigenvalue weighted by Crippen LogP contribution is 2.31. The van der Waals surface area contributed by atoms with E-state index in [4.69, 9.17) is 0 Å². The summed E-state index contributed by atoms with van der Waals surface area (Å²) in [7, 11) is 0. The average molecular weight is 357 g/mol. The second-order valence-electron chi connectivity index (χ2n) is 3.98. The maximum absolute atomic E-state index is 11.4. The number of hydrogen-bond donors (Lipinski definition) is 1. The molecular formula is C12H9BrN2O4S. The van der Waals surface area contributed by atoms with Gasteiger partial charge in [-0.05, 0) is 29.4 Å². The molecular weight excluding hydrogens is 348 g/mol. The zero-order chi connectivity index (χ0) is 14.7. The summed E-state index contributed by atoms with van der Waals surface area (Å²) in [6, 6.07) is 7.27. The second kappa shape index (κ2) is 6.10. The minimum absolute atomic E-state index is 0.154. The topological polar surface area (TPSA) is 93.3 Å². The van der Waals surface area contributed by atoms with Crippen molar-refractivity contribution in [1.29, 1.82) is 0 Å². The Labute approximate surface area is 126 Å². The predicted molar refractivity (Wildman–Crippen MR) is 77.0 cm³/mol. The Morgan fingerprint density at radius 3 is 2.75 bits per heavy atom. The van der Waals surface area contributed by atoms with Gasteiger partial charge in [-0.3, -0.25) is 14.9 Å². The number of hydrogen-bond acceptors (Lipinski definition) is 5. The van der Waals surface area contributed by atoms with Gasteiger partial charge in [-0.1, -0.05) is 34.1 Å². The van der Waals surface area contributed by atoms with Crippen molar-refractivity contribution in [2.24, 2.45) is 0 Å². The highest BCUT2D eigenvalue weighted by Gasteiger charge is 2.26. The van der Waals surface area contributed by atoms with Crippen LogP contribution in [-0.4, -0.2) is 21.0 Å². The minimum Gasteiger partial charge on any atom is -0.481 e. The normalized spacial score (nSPS) is 12.1. The van der Waals surface area contributed by atoms with Crippen molar-refractivity contribution in [1.82, 2.24) is 4.98 Å². The largest absolute Gasteiger partial charge is 0.481 e. The lowest BCUT2D eigenvalue weighted by Gasteiger charge is -2.10. The molecule has 0 amide bonds. The number of benzene rings is 1. The van der Waals surface area contributed by atoms with Gasteiger partial charge >= 0.3 is 11.0 Å². The first-order chi connectivity index (χ1) is 9.49. The summed E-state index contributed by atoms with van der Waals surface area (Å²) in [5.74, 6) is -1.95. The number of nitrogens with zero attached hydrogens (tertiary/aromatic N) is 2.